The van der Waals surface area contributed by atoms with Crippen LogP contribution >= 0.6 is 0 Å². The Balaban J connectivity index is 2.25. The van der Waals surface area contributed by atoms with Crippen molar-refractivity contribution in [3.63, 3.8) is 0 Å². The minimum absolute atomic E-state index is 0.110. The maximum atomic E-state index is 13.0. The molecule has 0 saturated heterocycles. The van der Waals surface area contributed by atoms with Crippen molar-refractivity contribution >= 4 is 28.4 Å². The van der Waals surface area contributed by atoms with Crippen LogP contribution in [0.15, 0.2) is 29.2 Å². The van der Waals surface area contributed by atoms with E-state index < -0.39 is 5.91 Å². The van der Waals surface area contributed by atoms with Crippen molar-refractivity contribution in [3.8, 4) is 0 Å². The lowest BCUT2D eigenvalue weighted by Gasteiger charge is -2.12. The van der Waals surface area contributed by atoms with Crippen LogP contribution in [0.2, 0.25) is 0 Å². The van der Waals surface area contributed by atoms with E-state index in [-0.39, 0.29) is 23.0 Å². The van der Waals surface area contributed by atoms with Gasteiger partial charge < -0.3 is 16.2 Å². The molecule has 3 rings (SSSR count). The number of rotatable bonds is 6. The van der Waals surface area contributed by atoms with E-state index in [2.05, 4.69) is 4.98 Å². The normalized spacial score (nSPS) is 11.6. The van der Waals surface area contributed by atoms with E-state index in [0.29, 0.717) is 36.3 Å². The van der Waals surface area contributed by atoms with E-state index in [0.717, 1.165) is 5.56 Å². The van der Waals surface area contributed by atoms with E-state index in [9.17, 15) is 9.59 Å². The van der Waals surface area contributed by atoms with Gasteiger partial charge in [-0.2, -0.15) is 0 Å². The van der Waals surface area contributed by atoms with Crippen molar-refractivity contribution in [2.45, 2.75) is 39.8 Å². The monoisotopic (exact) mass is 370 g/mol. The average Bonchev–Trinajstić information content (AvgIpc) is 2.60. The van der Waals surface area contributed by atoms with E-state index in [4.69, 9.17) is 16.2 Å². The lowest BCUT2D eigenvalue weighted by Crippen LogP contribution is -2.43. The van der Waals surface area contributed by atoms with Crippen LogP contribution < -0.4 is 21.6 Å². The molecular formula is C19H24N5O3+. The van der Waals surface area contributed by atoms with Gasteiger partial charge in [0.25, 0.3) is 17.1 Å². The van der Waals surface area contributed by atoms with Crippen LogP contribution in [0, 0.1) is 6.92 Å². The highest BCUT2D eigenvalue weighted by Crippen LogP contribution is 2.15. The second-order valence-corrected chi connectivity index (χ2v) is 6.77. The number of nitrogens with zero attached hydrogens (tertiary/aromatic N) is 3. The van der Waals surface area contributed by atoms with Crippen LogP contribution in [-0.2, 0) is 11.3 Å². The van der Waals surface area contributed by atoms with Crippen molar-refractivity contribution in [1.29, 1.82) is 0 Å². The van der Waals surface area contributed by atoms with E-state index in [1.807, 2.05) is 26.8 Å². The Morgan fingerprint density at radius 2 is 2.15 bits per heavy atom. The molecule has 0 spiro atoms. The first-order valence-corrected chi connectivity index (χ1v) is 8.86. The minimum atomic E-state index is -0.685. The number of primary amides is 1. The fourth-order valence-corrected chi connectivity index (χ4v) is 3.08. The number of carbonyl (C=O) groups is 1. The molecule has 0 aliphatic carbocycles. The molecule has 0 atom stereocenters. The van der Waals surface area contributed by atoms with Gasteiger partial charge in [0.05, 0.1) is 12.6 Å². The van der Waals surface area contributed by atoms with Crippen LogP contribution in [0.4, 0.5) is 5.82 Å². The largest absolute Gasteiger partial charge is 0.379 e. The Morgan fingerprint density at radius 3 is 2.81 bits per heavy atom. The molecule has 8 heteroatoms. The summed E-state index contributed by atoms with van der Waals surface area (Å²) < 4.78 is 8.71. The predicted octanol–water partition coefficient (Wildman–Crippen LogP) is 0.940. The van der Waals surface area contributed by atoms with Crippen LogP contribution in [0.5, 0.6) is 0 Å². The summed E-state index contributed by atoms with van der Waals surface area (Å²) in [6.45, 7) is 6.78. The molecule has 1 amide bonds. The highest BCUT2D eigenvalue weighted by atomic mass is 16.5. The molecular weight excluding hydrogens is 346 g/mol. The molecule has 3 aromatic rings. The smallest absolute Gasteiger partial charge is 0.278 e. The van der Waals surface area contributed by atoms with Crippen molar-refractivity contribution in [2.75, 3.05) is 12.3 Å². The first kappa shape index (κ1) is 18.8. The number of pyridine rings is 2. The summed E-state index contributed by atoms with van der Waals surface area (Å²) in [5, 5.41) is 0.297. The van der Waals surface area contributed by atoms with Gasteiger partial charge in [-0.1, -0.05) is 11.1 Å². The highest BCUT2D eigenvalue weighted by Gasteiger charge is 2.23. The summed E-state index contributed by atoms with van der Waals surface area (Å²) in [7, 11) is 0. The molecule has 0 radical (unpaired) electrons. The first-order chi connectivity index (χ1) is 12.8. The van der Waals surface area contributed by atoms with Crippen LogP contribution in [0.3, 0.4) is 0 Å². The highest BCUT2D eigenvalue weighted by molar-refractivity contribution is 5.99. The molecule has 3 heterocycles. The third-order valence-electron chi connectivity index (χ3n) is 4.42. The SMILES string of the molecule is Cc1cccn2c(=O)c3cc(C(N)=O)c(N)[n+](CCCOC(C)C)c3nc12. The number of amides is 1. The summed E-state index contributed by atoms with van der Waals surface area (Å²) in [5.74, 6) is -0.486. The van der Waals surface area contributed by atoms with Crippen molar-refractivity contribution in [1.82, 2.24) is 9.38 Å². The molecule has 3 aromatic heterocycles. The van der Waals surface area contributed by atoms with Gasteiger partial charge in [0.2, 0.25) is 11.5 Å². The summed E-state index contributed by atoms with van der Waals surface area (Å²) in [6.07, 6.45) is 2.42. The van der Waals surface area contributed by atoms with Gasteiger partial charge in [-0.25, -0.2) is 4.57 Å². The molecule has 0 aromatic carbocycles. The van der Waals surface area contributed by atoms with Crippen LogP contribution in [0.25, 0.3) is 16.7 Å². The van der Waals surface area contributed by atoms with Crippen molar-refractivity contribution in [3.05, 3.63) is 45.9 Å². The average molecular weight is 370 g/mol. The molecule has 0 fully saturated rings. The summed E-state index contributed by atoms with van der Waals surface area (Å²) in [4.78, 5) is 29.5. The van der Waals surface area contributed by atoms with Gasteiger partial charge in [-0.15, -0.1) is 0 Å². The Kier molecular flexibility index (Phi) is 5.09. The molecule has 0 bridgehead atoms. The third kappa shape index (κ3) is 3.48. The zero-order valence-corrected chi connectivity index (χ0v) is 15.7. The van der Waals surface area contributed by atoms with E-state index in [1.165, 1.54) is 10.5 Å². The Bertz CT molecular complexity index is 1090. The summed E-state index contributed by atoms with van der Waals surface area (Å²) in [6, 6.07) is 5.09. The topological polar surface area (TPSA) is 117 Å². The Hall–Kier alpha value is -3.00. The quantitative estimate of drug-likeness (QED) is 0.380. The number of nitrogen functional groups attached to an aromatic ring is 1. The van der Waals surface area contributed by atoms with E-state index in [1.54, 1.807) is 16.8 Å². The number of aryl methyl sites for hydroxylation is 2. The molecule has 0 aliphatic rings. The van der Waals surface area contributed by atoms with Crippen LogP contribution in [-0.4, -0.2) is 28.0 Å². The second-order valence-electron chi connectivity index (χ2n) is 6.77. The fourth-order valence-electron chi connectivity index (χ4n) is 3.08. The van der Waals surface area contributed by atoms with E-state index >= 15 is 0 Å². The number of hydrogen-bond donors (Lipinski definition) is 2. The molecule has 0 unspecified atom stereocenters. The molecule has 4 N–H and O–H groups in total. The lowest BCUT2D eigenvalue weighted by molar-refractivity contribution is -0.659. The lowest BCUT2D eigenvalue weighted by atomic mass is 10.1. The number of ether oxygens (including phenoxy) is 1. The molecule has 0 aliphatic heterocycles. The van der Waals surface area contributed by atoms with Crippen LogP contribution in [0.1, 0.15) is 36.2 Å². The van der Waals surface area contributed by atoms with Crippen molar-refractivity contribution < 1.29 is 14.1 Å². The molecule has 0 saturated carbocycles. The summed E-state index contributed by atoms with van der Waals surface area (Å²) in [5.41, 5.74) is 13.4. The van der Waals surface area contributed by atoms with Gasteiger partial charge in [0.1, 0.15) is 10.9 Å². The Labute approximate surface area is 156 Å². The summed E-state index contributed by atoms with van der Waals surface area (Å²) >= 11 is 0. The first-order valence-electron chi connectivity index (χ1n) is 8.86. The molecule has 142 valence electrons. The van der Waals surface area contributed by atoms with Gasteiger partial charge in [0, 0.05) is 24.8 Å². The number of carbonyl (C=O) groups excluding carboxylic acids is 1. The third-order valence-corrected chi connectivity index (χ3v) is 4.42. The second kappa shape index (κ2) is 7.32. The zero-order valence-electron chi connectivity index (χ0n) is 15.7. The molecule has 27 heavy (non-hydrogen) atoms. The van der Waals surface area contributed by atoms with Gasteiger partial charge in [-0.3, -0.25) is 14.0 Å². The van der Waals surface area contributed by atoms with Gasteiger partial charge in [0.15, 0.2) is 0 Å². The Morgan fingerprint density at radius 1 is 1.41 bits per heavy atom. The number of fused-ring (bicyclic) bond motifs is 2. The fraction of sp³-hybridized carbons (Fsp3) is 0.368. The standard InChI is InChI=1S/C19H23N5O3/c1-11(2)27-9-5-8-23-15(20)13(16(21)25)10-14-18(23)22-17-12(3)6-4-7-24(17)19(14)26/h4,6-7,10-11,20H,5,8-9H2,1-3H3,(H2,21,25)/p+1. The minimum Gasteiger partial charge on any atom is -0.379 e. The number of aromatic nitrogens is 3. The number of nitrogens with two attached hydrogens (primary N) is 2. The predicted molar refractivity (Wildman–Crippen MR) is 103 cm³/mol. The molecule has 8 nitrogen and oxygen atoms in total. The van der Waals surface area contributed by atoms with Crippen molar-refractivity contribution in [2.24, 2.45) is 5.73 Å². The number of hydrogen-bond acceptors (Lipinski definition) is 5. The van der Waals surface area contributed by atoms with Gasteiger partial charge in [-0.05, 0) is 32.9 Å². The zero-order chi connectivity index (χ0) is 19.7. The maximum absolute atomic E-state index is 13.0. The maximum Gasteiger partial charge on any atom is 0.278 e. The number of anilines is 1. The van der Waals surface area contributed by atoms with Gasteiger partial charge >= 0.3 is 0 Å².